The second-order valence-electron chi connectivity index (χ2n) is 7.32. The summed E-state index contributed by atoms with van der Waals surface area (Å²) in [5.74, 6) is 1.12. The first-order valence-corrected chi connectivity index (χ1v) is 10.5. The zero-order valence-electron chi connectivity index (χ0n) is 17.8. The second kappa shape index (κ2) is 10.6. The van der Waals surface area contributed by atoms with Gasteiger partial charge in [0.05, 0.1) is 30.3 Å². The van der Waals surface area contributed by atoms with Crippen molar-refractivity contribution >= 4 is 29.6 Å². The van der Waals surface area contributed by atoms with Crippen molar-refractivity contribution < 1.29 is 9.53 Å². The van der Waals surface area contributed by atoms with Crippen LogP contribution in [0.2, 0.25) is 5.02 Å². The van der Waals surface area contributed by atoms with Crippen molar-refractivity contribution in [1.82, 2.24) is 4.90 Å². The maximum atomic E-state index is 10.7. The van der Waals surface area contributed by atoms with E-state index in [9.17, 15) is 10.1 Å². The Balaban J connectivity index is 1.86. The fourth-order valence-corrected chi connectivity index (χ4v) is 3.76. The molecule has 8 heteroatoms. The number of rotatable bonds is 7. The van der Waals surface area contributed by atoms with Gasteiger partial charge in [0, 0.05) is 30.6 Å². The van der Waals surface area contributed by atoms with Crippen LogP contribution in [0.25, 0.3) is 0 Å². The van der Waals surface area contributed by atoms with Gasteiger partial charge in [-0.05, 0) is 42.3 Å². The summed E-state index contributed by atoms with van der Waals surface area (Å²) in [5, 5.41) is 18.5. The molecule has 1 heterocycles. The number of ether oxygens (including phenoxy) is 1. The van der Waals surface area contributed by atoms with Crippen LogP contribution in [0.4, 0.5) is 0 Å². The third-order valence-corrected chi connectivity index (χ3v) is 5.59. The number of nitriles is 1. The maximum Gasteiger partial charge on any atom is 0.137 e. The molecule has 0 aromatic heterocycles. The van der Waals surface area contributed by atoms with Gasteiger partial charge in [-0.25, -0.2) is 0 Å². The lowest BCUT2D eigenvalue weighted by Crippen LogP contribution is -2.36. The number of amidine groups is 2. The van der Waals surface area contributed by atoms with Gasteiger partial charge in [-0.2, -0.15) is 5.26 Å². The van der Waals surface area contributed by atoms with E-state index in [4.69, 9.17) is 27.5 Å². The zero-order chi connectivity index (χ0) is 23.1. The third-order valence-electron chi connectivity index (χ3n) is 5.29. The number of aldehydes is 1. The van der Waals surface area contributed by atoms with Crippen molar-refractivity contribution in [1.29, 1.82) is 10.7 Å². The molecule has 0 aliphatic carbocycles. The molecule has 0 atom stereocenters. The number of benzene rings is 2. The Morgan fingerprint density at radius 2 is 2.16 bits per heavy atom. The van der Waals surface area contributed by atoms with Crippen LogP contribution in [0.3, 0.4) is 0 Å². The number of nitrogens with one attached hydrogen (secondary N) is 1. The minimum Gasteiger partial charge on any atom is -0.495 e. The molecular weight excluding hydrogens is 426 g/mol. The molecule has 1 aliphatic rings. The summed E-state index contributed by atoms with van der Waals surface area (Å²) in [5.41, 5.74) is 9.83. The topological polar surface area (TPSA) is 116 Å². The summed E-state index contributed by atoms with van der Waals surface area (Å²) in [6.45, 7) is 1.47. The van der Waals surface area contributed by atoms with Crippen LogP contribution in [0.5, 0.6) is 5.75 Å². The van der Waals surface area contributed by atoms with Gasteiger partial charge in [-0.3, -0.25) is 10.4 Å². The predicted molar refractivity (Wildman–Crippen MR) is 125 cm³/mol. The Kier molecular flexibility index (Phi) is 7.63. The lowest BCUT2D eigenvalue weighted by molar-refractivity contribution is -0.107. The van der Waals surface area contributed by atoms with Gasteiger partial charge in [0.25, 0.3) is 0 Å². The lowest BCUT2D eigenvalue weighted by atomic mass is 10.00. The SMILES string of the molecule is COc1ccc(CN=C(N)c2cc(C#N)ccc2C(=N)N2CC=C(CC=O)CC2)cc1Cl. The van der Waals surface area contributed by atoms with Gasteiger partial charge in [0.1, 0.15) is 23.7 Å². The summed E-state index contributed by atoms with van der Waals surface area (Å²) in [7, 11) is 1.55. The number of methoxy groups -OCH3 is 1. The number of carbonyl (C=O) groups excluding carboxylic acids is 1. The van der Waals surface area contributed by atoms with Gasteiger partial charge in [0.15, 0.2) is 0 Å². The van der Waals surface area contributed by atoms with Crippen molar-refractivity contribution in [2.45, 2.75) is 19.4 Å². The molecule has 0 unspecified atom stereocenters. The average molecular weight is 450 g/mol. The fourth-order valence-electron chi connectivity index (χ4n) is 3.48. The van der Waals surface area contributed by atoms with Gasteiger partial charge >= 0.3 is 0 Å². The summed E-state index contributed by atoms with van der Waals surface area (Å²) >= 11 is 6.19. The largest absolute Gasteiger partial charge is 0.495 e. The molecular formula is C24H24ClN5O2. The molecule has 3 N–H and O–H groups in total. The van der Waals surface area contributed by atoms with Gasteiger partial charge in [-0.1, -0.05) is 29.3 Å². The Morgan fingerprint density at radius 3 is 2.78 bits per heavy atom. The monoisotopic (exact) mass is 449 g/mol. The summed E-state index contributed by atoms with van der Waals surface area (Å²) < 4.78 is 5.17. The van der Waals surface area contributed by atoms with Crippen molar-refractivity contribution in [3.05, 3.63) is 75.3 Å². The van der Waals surface area contributed by atoms with Crippen LogP contribution in [0, 0.1) is 16.7 Å². The average Bonchev–Trinajstić information content (AvgIpc) is 2.82. The van der Waals surface area contributed by atoms with E-state index in [0.29, 0.717) is 59.4 Å². The Labute approximate surface area is 192 Å². The van der Waals surface area contributed by atoms with Crippen molar-refractivity contribution in [2.75, 3.05) is 20.2 Å². The smallest absolute Gasteiger partial charge is 0.137 e. The summed E-state index contributed by atoms with van der Waals surface area (Å²) in [6.07, 6.45) is 4.05. The molecule has 2 aromatic rings. The number of carbonyl (C=O) groups is 1. The highest BCUT2D eigenvalue weighted by Gasteiger charge is 2.20. The molecule has 0 amide bonds. The van der Waals surface area contributed by atoms with E-state index in [-0.39, 0.29) is 5.84 Å². The number of aliphatic imine (C=N–C) groups is 1. The first-order valence-electron chi connectivity index (χ1n) is 10.1. The maximum absolute atomic E-state index is 10.7. The Hall–Kier alpha value is -3.63. The van der Waals surface area contributed by atoms with Gasteiger partial charge < -0.3 is 20.2 Å². The number of nitrogens with two attached hydrogens (primary N) is 1. The van der Waals surface area contributed by atoms with E-state index in [1.165, 1.54) is 0 Å². The quantitative estimate of drug-likeness (QED) is 0.289. The van der Waals surface area contributed by atoms with Crippen molar-refractivity contribution in [2.24, 2.45) is 10.7 Å². The first-order chi connectivity index (χ1) is 15.5. The lowest BCUT2D eigenvalue weighted by Gasteiger charge is -2.29. The normalized spacial score (nSPS) is 13.8. The molecule has 0 saturated carbocycles. The predicted octanol–water partition coefficient (Wildman–Crippen LogP) is 3.67. The van der Waals surface area contributed by atoms with Crippen LogP contribution in [0.1, 0.15) is 35.1 Å². The second-order valence-corrected chi connectivity index (χ2v) is 7.73. The molecule has 0 radical (unpaired) electrons. The molecule has 164 valence electrons. The van der Waals surface area contributed by atoms with E-state index in [0.717, 1.165) is 23.8 Å². The highest BCUT2D eigenvalue weighted by molar-refractivity contribution is 6.32. The van der Waals surface area contributed by atoms with E-state index in [1.807, 2.05) is 17.0 Å². The van der Waals surface area contributed by atoms with Crippen LogP contribution in [-0.4, -0.2) is 43.1 Å². The van der Waals surface area contributed by atoms with Crippen LogP contribution < -0.4 is 10.5 Å². The number of halogens is 1. The van der Waals surface area contributed by atoms with Gasteiger partial charge in [0.2, 0.25) is 0 Å². The molecule has 32 heavy (non-hydrogen) atoms. The molecule has 0 bridgehead atoms. The van der Waals surface area contributed by atoms with Crippen LogP contribution >= 0.6 is 11.6 Å². The van der Waals surface area contributed by atoms with Crippen molar-refractivity contribution in [3.8, 4) is 11.8 Å². The molecule has 0 spiro atoms. The zero-order valence-corrected chi connectivity index (χ0v) is 18.5. The molecule has 2 aromatic carbocycles. The molecule has 0 fully saturated rings. The van der Waals surface area contributed by atoms with E-state index in [2.05, 4.69) is 11.1 Å². The van der Waals surface area contributed by atoms with E-state index in [1.54, 1.807) is 37.4 Å². The Bertz CT molecular complexity index is 1130. The molecule has 0 saturated heterocycles. The molecule has 7 nitrogen and oxygen atoms in total. The number of hydrogen-bond donors (Lipinski definition) is 2. The van der Waals surface area contributed by atoms with Crippen molar-refractivity contribution in [3.63, 3.8) is 0 Å². The Morgan fingerprint density at radius 1 is 1.34 bits per heavy atom. The van der Waals surface area contributed by atoms with Gasteiger partial charge in [-0.15, -0.1) is 0 Å². The molecule has 3 rings (SSSR count). The standard InChI is InChI=1S/C24H24ClN5O2/c1-32-22-5-3-18(13-21(22)25)15-29-23(27)20-12-17(14-26)2-4-19(20)24(28)30-9-6-16(7-10-30)8-11-31/h2-6,11-13,28H,7-10,15H2,1H3,(H2,27,29). The molecule has 1 aliphatic heterocycles. The highest BCUT2D eigenvalue weighted by atomic mass is 35.5. The highest BCUT2D eigenvalue weighted by Crippen LogP contribution is 2.25. The first kappa shape index (κ1) is 23.0. The minimum atomic E-state index is 0.239. The van der Waals surface area contributed by atoms with Crippen LogP contribution in [-0.2, 0) is 11.3 Å². The summed E-state index contributed by atoms with van der Waals surface area (Å²) in [4.78, 5) is 17.1. The van der Waals surface area contributed by atoms with Crippen LogP contribution in [0.15, 0.2) is 53.0 Å². The van der Waals surface area contributed by atoms with E-state index >= 15 is 0 Å². The fraction of sp³-hybridized carbons (Fsp3) is 0.250. The number of nitrogens with zero attached hydrogens (tertiary/aromatic N) is 3. The summed E-state index contributed by atoms with van der Waals surface area (Å²) in [6, 6.07) is 12.6. The third kappa shape index (κ3) is 5.34. The number of hydrogen-bond acceptors (Lipinski definition) is 5. The minimum absolute atomic E-state index is 0.239. The van der Waals surface area contributed by atoms with E-state index < -0.39 is 0 Å².